The molecule has 1 aliphatic rings. The highest BCUT2D eigenvalue weighted by molar-refractivity contribution is 9.10. The monoisotopic (exact) mass is 421 g/mol. The first-order chi connectivity index (χ1) is 12.5. The third-order valence-corrected chi connectivity index (χ3v) is 5.20. The number of carbonyl (C=O) groups excluding carboxylic acids is 1. The zero-order chi connectivity index (χ0) is 18.7. The Labute approximate surface area is 160 Å². The number of rotatable bonds is 4. The van der Waals surface area contributed by atoms with Crippen molar-refractivity contribution in [3.63, 3.8) is 0 Å². The first-order valence-corrected chi connectivity index (χ1v) is 9.28. The first-order valence-electron chi connectivity index (χ1n) is 8.49. The van der Waals surface area contributed by atoms with Crippen LogP contribution in [0.25, 0.3) is 0 Å². The number of likely N-dealkylation sites (tertiary alicyclic amines) is 1. The van der Waals surface area contributed by atoms with Gasteiger partial charge in [-0.1, -0.05) is 0 Å². The number of nitrogens with zero attached hydrogens (tertiary/aromatic N) is 3. The molecule has 1 aliphatic heterocycles. The average molecular weight is 422 g/mol. The molecule has 1 amide bonds. The van der Waals surface area contributed by atoms with Gasteiger partial charge in [-0.05, 0) is 73.2 Å². The smallest absolute Gasteiger partial charge is 0.259 e. The van der Waals surface area contributed by atoms with Crippen LogP contribution in [0.15, 0.2) is 41.0 Å². The third-order valence-electron chi connectivity index (χ3n) is 4.58. The molecule has 2 aromatic rings. The minimum atomic E-state index is -0.370. The van der Waals surface area contributed by atoms with Gasteiger partial charge >= 0.3 is 0 Å². The molecule has 0 unspecified atom stereocenters. The van der Waals surface area contributed by atoms with Crippen molar-refractivity contribution in [2.75, 3.05) is 27.2 Å². The van der Waals surface area contributed by atoms with E-state index in [1.165, 1.54) is 18.2 Å². The molecule has 1 fully saturated rings. The molecule has 2 heterocycles. The summed E-state index contributed by atoms with van der Waals surface area (Å²) in [6, 6.07) is 8.04. The Balaban J connectivity index is 1.78. The summed E-state index contributed by atoms with van der Waals surface area (Å²) < 4.78 is 19.5. The molecule has 0 bridgehead atoms. The fraction of sp³-hybridized carbons (Fsp3) is 0.368. The van der Waals surface area contributed by atoms with Crippen molar-refractivity contribution < 1.29 is 13.9 Å². The van der Waals surface area contributed by atoms with Crippen LogP contribution in [0.5, 0.6) is 11.6 Å². The molecule has 0 atom stereocenters. The van der Waals surface area contributed by atoms with Gasteiger partial charge in [0.1, 0.15) is 17.1 Å². The van der Waals surface area contributed by atoms with Crippen LogP contribution in [-0.4, -0.2) is 53.9 Å². The Kier molecular flexibility index (Phi) is 5.88. The zero-order valence-corrected chi connectivity index (χ0v) is 16.4. The van der Waals surface area contributed by atoms with Crippen molar-refractivity contribution in [2.24, 2.45) is 0 Å². The van der Waals surface area contributed by atoms with Crippen molar-refractivity contribution in [1.29, 1.82) is 0 Å². The normalized spacial score (nSPS) is 15.3. The van der Waals surface area contributed by atoms with E-state index in [0.717, 1.165) is 12.8 Å². The second-order valence-electron chi connectivity index (χ2n) is 6.52. The van der Waals surface area contributed by atoms with Gasteiger partial charge in [0.25, 0.3) is 5.91 Å². The molecule has 1 aromatic carbocycles. The van der Waals surface area contributed by atoms with E-state index in [2.05, 4.69) is 39.9 Å². The summed E-state index contributed by atoms with van der Waals surface area (Å²) in [5.74, 6) is 0.166. The number of pyridine rings is 1. The van der Waals surface area contributed by atoms with E-state index in [1.54, 1.807) is 18.3 Å². The predicted octanol–water partition coefficient (Wildman–Crippen LogP) is 3.94. The lowest BCUT2D eigenvalue weighted by atomic mass is 10.0. The van der Waals surface area contributed by atoms with Crippen molar-refractivity contribution >= 4 is 21.8 Å². The lowest BCUT2D eigenvalue weighted by Crippen LogP contribution is -2.44. The maximum absolute atomic E-state index is 13.3. The van der Waals surface area contributed by atoms with Crippen LogP contribution in [0.1, 0.15) is 23.2 Å². The number of carbonyl (C=O) groups is 1. The first kappa shape index (κ1) is 18.8. The highest BCUT2D eigenvalue weighted by atomic mass is 79.9. The second kappa shape index (κ2) is 8.14. The quantitative estimate of drug-likeness (QED) is 0.749. The fourth-order valence-corrected chi connectivity index (χ4v) is 3.48. The van der Waals surface area contributed by atoms with E-state index in [9.17, 15) is 9.18 Å². The van der Waals surface area contributed by atoms with Crippen LogP contribution in [0.2, 0.25) is 0 Å². The number of piperidine rings is 1. The average Bonchev–Trinajstić information content (AvgIpc) is 2.64. The van der Waals surface area contributed by atoms with Gasteiger partial charge in [0.05, 0.1) is 4.47 Å². The minimum absolute atomic E-state index is 0.0939. The number of hydrogen-bond donors (Lipinski definition) is 0. The van der Waals surface area contributed by atoms with Crippen molar-refractivity contribution in [3.8, 4) is 11.6 Å². The summed E-state index contributed by atoms with van der Waals surface area (Å²) in [4.78, 5) is 21.2. The number of benzene rings is 1. The van der Waals surface area contributed by atoms with E-state index < -0.39 is 0 Å². The standard InChI is InChI=1S/C19H21BrFN3O2/c1-23(2)14-7-10-24(11-8-14)19(25)15-4-3-9-22-18(15)26-17-6-5-13(21)12-16(17)20/h3-6,9,12,14H,7-8,10-11H2,1-2H3. The van der Waals surface area contributed by atoms with Crippen LogP contribution in [0.3, 0.4) is 0 Å². The van der Waals surface area contributed by atoms with Gasteiger partial charge in [0, 0.05) is 25.3 Å². The van der Waals surface area contributed by atoms with E-state index in [4.69, 9.17) is 4.74 Å². The van der Waals surface area contributed by atoms with Crippen molar-refractivity contribution in [1.82, 2.24) is 14.8 Å². The van der Waals surface area contributed by atoms with Crippen LogP contribution in [0.4, 0.5) is 4.39 Å². The molecular weight excluding hydrogens is 401 g/mol. The summed E-state index contributed by atoms with van der Waals surface area (Å²) in [5, 5.41) is 0. The van der Waals surface area contributed by atoms with Crippen LogP contribution < -0.4 is 4.74 Å². The maximum atomic E-state index is 13.3. The van der Waals surface area contributed by atoms with Gasteiger partial charge in [-0.15, -0.1) is 0 Å². The Morgan fingerprint density at radius 1 is 1.31 bits per heavy atom. The molecule has 3 rings (SSSR count). The van der Waals surface area contributed by atoms with Gasteiger partial charge in [-0.3, -0.25) is 4.79 Å². The summed E-state index contributed by atoms with van der Waals surface area (Å²) in [7, 11) is 4.13. The van der Waals surface area contributed by atoms with Crippen LogP contribution in [-0.2, 0) is 0 Å². The van der Waals surface area contributed by atoms with Crippen molar-refractivity contribution in [2.45, 2.75) is 18.9 Å². The Morgan fingerprint density at radius 3 is 2.69 bits per heavy atom. The topological polar surface area (TPSA) is 45.7 Å². The molecule has 0 spiro atoms. The highest BCUT2D eigenvalue weighted by Gasteiger charge is 2.27. The Morgan fingerprint density at radius 2 is 2.04 bits per heavy atom. The number of amides is 1. The predicted molar refractivity (Wildman–Crippen MR) is 101 cm³/mol. The molecule has 7 heteroatoms. The summed E-state index contributed by atoms with van der Waals surface area (Å²) in [5.41, 5.74) is 0.409. The molecule has 1 aromatic heterocycles. The molecule has 138 valence electrons. The van der Waals surface area contributed by atoms with Crippen LogP contribution in [0, 0.1) is 5.82 Å². The van der Waals surface area contributed by atoms with E-state index in [0.29, 0.717) is 34.9 Å². The number of halogens is 2. The summed E-state index contributed by atoms with van der Waals surface area (Å²) in [6.07, 6.45) is 3.46. The Hall–Kier alpha value is -1.99. The molecule has 5 nitrogen and oxygen atoms in total. The largest absolute Gasteiger partial charge is 0.437 e. The lowest BCUT2D eigenvalue weighted by molar-refractivity contribution is 0.0660. The van der Waals surface area contributed by atoms with Gasteiger partial charge in [-0.2, -0.15) is 0 Å². The second-order valence-corrected chi connectivity index (χ2v) is 7.37. The number of ether oxygens (including phenoxy) is 1. The van der Waals surface area contributed by atoms with Crippen LogP contribution >= 0.6 is 15.9 Å². The molecular formula is C19H21BrFN3O2. The lowest BCUT2D eigenvalue weighted by Gasteiger charge is -2.35. The zero-order valence-electron chi connectivity index (χ0n) is 14.8. The highest BCUT2D eigenvalue weighted by Crippen LogP contribution is 2.31. The molecule has 0 aliphatic carbocycles. The molecule has 1 saturated heterocycles. The third kappa shape index (κ3) is 4.22. The maximum Gasteiger partial charge on any atom is 0.259 e. The Bertz CT molecular complexity index is 792. The molecule has 0 N–H and O–H groups in total. The molecule has 0 saturated carbocycles. The molecule has 26 heavy (non-hydrogen) atoms. The number of aromatic nitrogens is 1. The van der Waals surface area contributed by atoms with Gasteiger partial charge in [0.15, 0.2) is 0 Å². The van der Waals surface area contributed by atoms with Gasteiger partial charge in [0.2, 0.25) is 5.88 Å². The van der Waals surface area contributed by atoms with E-state index >= 15 is 0 Å². The molecule has 0 radical (unpaired) electrons. The van der Waals surface area contributed by atoms with Gasteiger partial charge in [-0.25, -0.2) is 9.37 Å². The number of hydrogen-bond acceptors (Lipinski definition) is 4. The summed E-state index contributed by atoms with van der Waals surface area (Å²) in [6.45, 7) is 1.41. The van der Waals surface area contributed by atoms with E-state index in [-0.39, 0.29) is 17.6 Å². The SMILES string of the molecule is CN(C)C1CCN(C(=O)c2cccnc2Oc2ccc(F)cc2Br)CC1. The summed E-state index contributed by atoms with van der Waals surface area (Å²) >= 11 is 3.27. The van der Waals surface area contributed by atoms with Gasteiger partial charge < -0.3 is 14.5 Å². The van der Waals surface area contributed by atoms with Crippen molar-refractivity contribution in [3.05, 3.63) is 52.4 Å². The minimum Gasteiger partial charge on any atom is -0.437 e. The van der Waals surface area contributed by atoms with E-state index in [1.807, 2.05) is 4.90 Å². The fourth-order valence-electron chi connectivity index (χ4n) is 3.05.